The van der Waals surface area contributed by atoms with Crippen molar-refractivity contribution in [1.29, 1.82) is 0 Å². The van der Waals surface area contributed by atoms with Crippen molar-refractivity contribution < 1.29 is 18.9 Å². The Morgan fingerprint density at radius 2 is 1.86 bits per heavy atom. The molecule has 5 nitrogen and oxygen atoms in total. The zero-order valence-corrected chi connectivity index (χ0v) is 9.62. The van der Waals surface area contributed by atoms with Crippen molar-refractivity contribution in [2.75, 3.05) is 21.3 Å². The van der Waals surface area contributed by atoms with Crippen molar-refractivity contribution in [1.82, 2.24) is 0 Å². The van der Waals surface area contributed by atoms with Gasteiger partial charge in [0, 0.05) is 15.9 Å². The van der Waals surface area contributed by atoms with Gasteiger partial charge in [-0.15, -0.1) is 4.73 Å². The number of pyridine rings is 1. The first-order chi connectivity index (χ1) is 6.65. The Hall–Kier alpha value is -1.17. The maximum absolute atomic E-state index is 11.5. The first-order valence-electron chi connectivity index (χ1n) is 3.73. The molecule has 0 saturated carbocycles. The highest BCUT2D eigenvalue weighted by molar-refractivity contribution is 9.10. The Kier molecular flexibility index (Phi) is 3.40. The Morgan fingerprint density at radius 3 is 2.29 bits per heavy atom. The molecule has 0 fully saturated rings. The summed E-state index contributed by atoms with van der Waals surface area (Å²) in [6.07, 6.45) is 0. The quantitative estimate of drug-likeness (QED) is 0.466. The van der Waals surface area contributed by atoms with Gasteiger partial charge in [0.2, 0.25) is 0 Å². The van der Waals surface area contributed by atoms with E-state index in [0.29, 0.717) is 15.1 Å². The molecule has 0 spiro atoms. The molecule has 0 aliphatic heterocycles. The predicted molar refractivity (Wildman–Crippen MR) is 52.8 cm³/mol. The van der Waals surface area contributed by atoms with Crippen LogP contribution in [-0.4, -0.2) is 21.3 Å². The topological polar surface area (TPSA) is 54.6 Å². The van der Waals surface area contributed by atoms with E-state index in [4.69, 9.17) is 14.2 Å². The summed E-state index contributed by atoms with van der Waals surface area (Å²) < 4.78 is 15.8. The zero-order chi connectivity index (χ0) is 10.7. The molecule has 6 heteroatoms. The minimum absolute atomic E-state index is 0.0544. The van der Waals surface area contributed by atoms with Gasteiger partial charge in [-0.1, -0.05) is 0 Å². The number of nitrogens with zero attached hydrogens (tertiary/aromatic N) is 1. The number of methoxy groups -OCH3 is 3. The standard InChI is InChI=1S/C8H10BrNO4/c1-12-5-4-6(9)10(11)8(14-3)7(5)13-2/h4H,1-3H3. The maximum atomic E-state index is 11.5. The Morgan fingerprint density at radius 1 is 1.21 bits per heavy atom. The fourth-order valence-corrected chi connectivity index (χ4v) is 1.41. The van der Waals surface area contributed by atoms with Crippen molar-refractivity contribution in [2.24, 2.45) is 0 Å². The van der Waals surface area contributed by atoms with Crippen LogP contribution >= 0.6 is 15.9 Å². The Balaban J connectivity index is 3.42. The monoisotopic (exact) mass is 263 g/mol. The van der Waals surface area contributed by atoms with Gasteiger partial charge in [-0.05, 0) is 0 Å². The van der Waals surface area contributed by atoms with Crippen LogP contribution in [0.4, 0.5) is 0 Å². The van der Waals surface area contributed by atoms with Gasteiger partial charge in [0.25, 0.3) is 10.4 Å². The molecule has 0 radical (unpaired) electrons. The summed E-state index contributed by atoms with van der Waals surface area (Å²) in [6.45, 7) is 0. The second-order valence-electron chi connectivity index (χ2n) is 2.37. The van der Waals surface area contributed by atoms with E-state index in [-0.39, 0.29) is 11.6 Å². The fourth-order valence-electron chi connectivity index (χ4n) is 1.04. The van der Waals surface area contributed by atoms with Crippen LogP contribution in [0.1, 0.15) is 0 Å². The summed E-state index contributed by atoms with van der Waals surface area (Å²) in [5, 5.41) is 11.5. The normalized spacial score (nSPS) is 9.71. The third-order valence-electron chi connectivity index (χ3n) is 1.66. The number of aromatic nitrogens is 1. The number of hydrogen-bond donors (Lipinski definition) is 0. The first kappa shape index (κ1) is 10.9. The third-order valence-corrected chi connectivity index (χ3v) is 2.22. The molecule has 0 aliphatic rings. The first-order valence-corrected chi connectivity index (χ1v) is 4.53. The molecule has 0 bridgehead atoms. The van der Waals surface area contributed by atoms with Gasteiger partial charge in [-0.25, -0.2) is 0 Å². The second kappa shape index (κ2) is 4.36. The van der Waals surface area contributed by atoms with Gasteiger partial charge < -0.3 is 19.4 Å². The minimum atomic E-state index is 0.0544. The molecule has 0 saturated heterocycles. The van der Waals surface area contributed by atoms with Crippen molar-refractivity contribution in [3.8, 4) is 17.4 Å². The minimum Gasteiger partial charge on any atom is -0.615 e. The van der Waals surface area contributed by atoms with Crippen molar-refractivity contribution in [3.05, 3.63) is 15.9 Å². The highest BCUT2D eigenvalue weighted by atomic mass is 79.9. The lowest BCUT2D eigenvalue weighted by molar-refractivity contribution is -0.624. The van der Waals surface area contributed by atoms with E-state index < -0.39 is 0 Å². The largest absolute Gasteiger partial charge is 0.615 e. The van der Waals surface area contributed by atoms with Crippen LogP contribution in [0, 0.1) is 5.21 Å². The number of halogens is 1. The fraction of sp³-hybridized carbons (Fsp3) is 0.375. The third kappa shape index (κ3) is 1.70. The summed E-state index contributed by atoms with van der Waals surface area (Å²) in [5.74, 6) is 0.759. The van der Waals surface area contributed by atoms with Crippen molar-refractivity contribution in [2.45, 2.75) is 0 Å². The summed E-state index contributed by atoms with van der Waals surface area (Å²) >= 11 is 3.08. The maximum Gasteiger partial charge on any atom is 0.427 e. The van der Waals surface area contributed by atoms with Gasteiger partial charge in [0.05, 0.1) is 27.4 Å². The number of hydrogen-bond acceptors (Lipinski definition) is 4. The number of ether oxygens (including phenoxy) is 3. The summed E-state index contributed by atoms with van der Waals surface area (Å²) in [6, 6.07) is 1.51. The molecular weight excluding hydrogens is 254 g/mol. The van der Waals surface area contributed by atoms with Crippen molar-refractivity contribution >= 4 is 15.9 Å². The molecule has 1 heterocycles. The van der Waals surface area contributed by atoms with Crippen molar-refractivity contribution in [3.63, 3.8) is 0 Å². The van der Waals surface area contributed by atoms with E-state index in [1.807, 2.05) is 0 Å². The van der Waals surface area contributed by atoms with E-state index in [2.05, 4.69) is 15.9 Å². The van der Waals surface area contributed by atoms with Crippen LogP contribution in [-0.2, 0) is 0 Å². The lowest BCUT2D eigenvalue weighted by Gasteiger charge is -2.11. The summed E-state index contributed by atoms with van der Waals surface area (Å²) in [4.78, 5) is 0. The zero-order valence-electron chi connectivity index (χ0n) is 8.04. The molecule has 14 heavy (non-hydrogen) atoms. The molecule has 78 valence electrons. The SMILES string of the molecule is COc1cc(Br)[n+]([O-])c(OC)c1OC. The lowest BCUT2D eigenvalue weighted by Crippen LogP contribution is -2.30. The van der Waals surface area contributed by atoms with E-state index in [1.165, 1.54) is 27.4 Å². The average molecular weight is 264 g/mol. The average Bonchev–Trinajstić information content (AvgIpc) is 2.20. The molecule has 0 aliphatic carbocycles. The molecule has 1 aromatic rings. The highest BCUT2D eigenvalue weighted by Crippen LogP contribution is 2.35. The van der Waals surface area contributed by atoms with Gasteiger partial charge in [-0.3, -0.25) is 0 Å². The Bertz CT molecular complexity index is 343. The molecule has 0 aromatic carbocycles. The van der Waals surface area contributed by atoms with Gasteiger partial charge in [-0.2, -0.15) is 0 Å². The van der Waals surface area contributed by atoms with E-state index in [9.17, 15) is 5.21 Å². The summed E-state index contributed by atoms with van der Waals surface area (Å²) in [5.41, 5.74) is 0. The van der Waals surface area contributed by atoms with Crippen LogP contribution in [0.2, 0.25) is 0 Å². The second-order valence-corrected chi connectivity index (χ2v) is 3.18. The van der Waals surface area contributed by atoms with E-state index in [0.717, 1.165) is 0 Å². The summed E-state index contributed by atoms with van der Waals surface area (Å²) in [7, 11) is 4.31. The highest BCUT2D eigenvalue weighted by Gasteiger charge is 2.23. The molecule has 1 aromatic heterocycles. The predicted octanol–water partition coefficient (Wildman–Crippen LogP) is 1.11. The molecule has 0 N–H and O–H groups in total. The van der Waals surface area contributed by atoms with Gasteiger partial charge >= 0.3 is 5.88 Å². The molecule has 0 unspecified atom stereocenters. The molecule has 1 rings (SSSR count). The molecule has 0 atom stereocenters. The van der Waals surface area contributed by atoms with Crippen LogP contribution in [0.25, 0.3) is 0 Å². The van der Waals surface area contributed by atoms with E-state index in [1.54, 1.807) is 0 Å². The smallest absolute Gasteiger partial charge is 0.427 e. The van der Waals surface area contributed by atoms with Gasteiger partial charge in [0.1, 0.15) is 0 Å². The van der Waals surface area contributed by atoms with Crippen LogP contribution in [0.5, 0.6) is 17.4 Å². The molecule has 0 amide bonds. The molecular formula is C8H10BrNO4. The Labute approximate surface area is 89.9 Å². The van der Waals surface area contributed by atoms with Crippen LogP contribution in [0.3, 0.4) is 0 Å². The number of rotatable bonds is 3. The van der Waals surface area contributed by atoms with Gasteiger partial charge in [0.15, 0.2) is 5.75 Å². The van der Waals surface area contributed by atoms with Crippen LogP contribution in [0.15, 0.2) is 10.7 Å². The van der Waals surface area contributed by atoms with E-state index >= 15 is 0 Å². The van der Waals surface area contributed by atoms with Crippen LogP contribution < -0.4 is 18.9 Å². The lowest BCUT2D eigenvalue weighted by atomic mass is 10.4.